The molecule has 0 bridgehead atoms. The van der Waals surface area contributed by atoms with Crippen LogP contribution in [-0.2, 0) is 22.4 Å². The molecule has 0 fully saturated rings. The van der Waals surface area contributed by atoms with E-state index in [4.69, 9.17) is 10.5 Å². The molecule has 1 aliphatic heterocycles. The van der Waals surface area contributed by atoms with Gasteiger partial charge >= 0.3 is 5.97 Å². The van der Waals surface area contributed by atoms with Crippen molar-refractivity contribution >= 4 is 16.9 Å². The zero-order chi connectivity index (χ0) is 23.7. The summed E-state index contributed by atoms with van der Waals surface area (Å²) >= 11 is 0. The van der Waals surface area contributed by atoms with Crippen molar-refractivity contribution in [2.45, 2.75) is 38.2 Å². The van der Waals surface area contributed by atoms with Crippen LogP contribution in [0.3, 0.4) is 0 Å². The van der Waals surface area contributed by atoms with E-state index < -0.39 is 18.0 Å². The first-order valence-electron chi connectivity index (χ1n) is 12.0. The van der Waals surface area contributed by atoms with Crippen LogP contribution in [0.5, 0.6) is 0 Å². The molecule has 4 N–H and O–H groups in total. The zero-order valence-electron chi connectivity index (χ0n) is 19.3. The normalized spacial score (nSPS) is 20.8. The average Bonchev–Trinajstić information content (AvgIpc) is 3.37. The van der Waals surface area contributed by atoms with E-state index in [1.807, 2.05) is 54.6 Å². The van der Waals surface area contributed by atoms with Crippen LogP contribution in [0.1, 0.15) is 41.6 Å². The molecule has 2 aliphatic rings. The molecule has 0 radical (unpaired) electrons. The van der Waals surface area contributed by atoms with Gasteiger partial charge in [0.15, 0.2) is 6.10 Å². The number of fused-ring (bicyclic) bond motifs is 1. The van der Waals surface area contributed by atoms with E-state index in [2.05, 4.69) is 30.1 Å². The number of cyclic esters (lactones) is 1. The quantitative estimate of drug-likeness (QED) is 0.426. The summed E-state index contributed by atoms with van der Waals surface area (Å²) in [7, 11) is 0. The fourth-order valence-electron chi connectivity index (χ4n) is 5.20. The summed E-state index contributed by atoms with van der Waals surface area (Å²) in [5.74, 6) is -1.01. The number of rotatable bonds is 7. The maximum absolute atomic E-state index is 13.3. The highest BCUT2D eigenvalue weighted by Crippen LogP contribution is 2.43. The summed E-state index contributed by atoms with van der Waals surface area (Å²) in [6, 6.07) is 16.3. The van der Waals surface area contributed by atoms with E-state index in [1.54, 1.807) is 0 Å². The van der Waals surface area contributed by atoms with Crippen LogP contribution >= 0.6 is 0 Å². The lowest BCUT2D eigenvalue weighted by Crippen LogP contribution is -2.22. The van der Waals surface area contributed by atoms with Crippen molar-refractivity contribution in [2.75, 3.05) is 6.54 Å². The molecule has 1 aromatic heterocycles. The number of aromatic amines is 1. The topological polar surface area (TPSA) is 88.3 Å². The van der Waals surface area contributed by atoms with Gasteiger partial charge in [-0.05, 0) is 48.6 Å². The van der Waals surface area contributed by atoms with Crippen molar-refractivity contribution < 1.29 is 14.6 Å². The third kappa shape index (κ3) is 3.86. The molecule has 5 nitrogen and oxygen atoms in total. The molecule has 0 spiro atoms. The van der Waals surface area contributed by atoms with Crippen LogP contribution in [0, 0.1) is 5.92 Å². The number of aliphatic hydroxyl groups is 1. The number of ether oxygens (including phenoxy) is 1. The van der Waals surface area contributed by atoms with Gasteiger partial charge in [-0.2, -0.15) is 0 Å². The first-order valence-corrected chi connectivity index (χ1v) is 12.0. The Balaban J connectivity index is 1.70. The standard InChI is InChI=1S/C29H30N2O3/c1-2-18-13-14-21-22(15-16-30)26(31-23(21)17-18)24(19-9-5-3-6-10-19)25-27(32)28(34-29(25)33)20-11-7-4-8-12-20/h3-11,13-14,17,20,24,28,31-32H,2,12,15-16,30H2,1H3. The van der Waals surface area contributed by atoms with E-state index in [9.17, 15) is 9.90 Å². The number of nitrogens with one attached hydrogen (secondary N) is 1. The molecule has 2 aromatic carbocycles. The predicted octanol–water partition coefficient (Wildman–Crippen LogP) is 5.23. The molecule has 3 aromatic rings. The third-order valence-electron chi connectivity index (χ3n) is 6.92. The van der Waals surface area contributed by atoms with Crippen molar-refractivity contribution in [1.82, 2.24) is 4.98 Å². The molecule has 34 heavy (non-hydrogen) atoms. The molecule has 1 aliphatic carbocycles. The molecular weight excluding hydrogens is 424 g/mol. The van der Waals surface area contributed by atoms with Crippen LogP contribution in [0.2, 0.25) is 0 Å². The fourth-order valence-corrected chi connectivity index (χ4v) is 5.20. The Kier molecular flexibility index (Phi) is 6.12. The maximum atomic E-state index is 13.3. The Bertz CT molecular complexity index is 1300. The minimum absolute atomic E-state index is 0.0235. The number of carbonyl (C=O) groups excluding carboxylic acids is 1. The Labute approximate surface area is 199 Å². The van der Waals surface area contributed by atoms with Crippen LogP contribution in [0.15, 0.2) is 84.2 Å². The first-order chi connectivity index (χ1) is 16.6. The highest BCUT2D eigenvalue weighted by atomic mass is 16.6. The summed E-state index contributed by atoms with van der Waals surface area (Å²) < 4.78 is 5.77. The largest absolute Gasteiger partial charge is 0.508 e. The molecule has 2 heterocycles. The Hall–Kier alpha value is -3.57. The number of nitrogens with two attached hydrogens (primary N) is 1. The average molecular weight is 455 g/mol. The van der Waals surface area contributed by atoms with Gasteiger partial charge in [0.1, 0.15) is 5.76 Å². The number of allylic oxidation sites excluding steroid dienone is 3. The first kappa shape index (κ1) is 22.2. The number of carbonyl (C=O) groups is 1. The Morgan fingerprint density at radius 1 is 1.18 bits per heavy atom. The molecule has 3 atom stereocenters. The summed E-state index contributed by atoms with van der Waals surface area (Å²) in [5, 5.41) is 12.5. The van der Waals surface area contributed by atoms with Gasteiger partial charge in [-0.3, -0.25) is 0 Å². The van der Waals surface area contributed by atoms with Gasteiger partial charge in [-0.25, -0.2) is 4.79 Å². The summed E-state index contributed by atoms with van der Waals surface area (Å²) in [6.07, 6.45) is 9.55. The van der Waals surface area contributed by atoms with Gasteiger partial charge < -0.3 is 20.6 Å². The fraction of sp³-hybridized carbons (Fsp3) is 0.276. The molecular formula is C29H30N2O3. The second kappa shape index (κ2) is 9.35. The number of benzene rings is 2. The van der Waals surface area contributed by atoms with E-state index >= 15 is 0 Å². The van der Waals surface area contributed by atoms with Crippen molar-refractivity contribution in [2.24, 2.45) is 11.7 Å². The highest BCUT2D eigenvalue weighted by molar-refractivity contribution is 5.95. The van der Waals surface area contributed by atoms with Crippen molar-refractivity contribution in [1.29, 1.82) is 0 Å². The van der Waals surface area contributed by atoms with Crippen LogP contribution in [0.25, 0.3) is 10.9 Å². The number of aliphatic hydroxyl groups excluding tert-OH is 1. The van der Waals surface area contributed by atoms with Gasteiger partial charge in [0.2, 0.25) is 0 Å². The SMILES string of the molecule is CCc1ccc2c(CCN)c(C(C3=C(O)C(C4C=CC=CC4)OC3=O)c3ccccc3)[nH]c2c1. The second-order valence-electron chi connectivity index (χ2n) is 8.97. The van der Waals surface area contributed by atoms with Crippen molar-refractivity contribution in [3.63, 3.8) is 0 Å². The lowest BCUT2D eigenvalue weighted by Gasteiger charge is -2.20. The van der Waals surface area contributed by atoms with Crippen LogP contribution in [-0.4, -0.2) is 28.7 Å². The molecule has 0 amide bonds. The van der Waals surface area contributed by atoms with E-state index in [-0.39, 0.29) is 11.7 Å². The van der Waals surface area contributed by atoms with Gasteiger partial charge in [-0.1, -0.05) is 73.7 Å². The van der Waals surface area contributed by atoms with Gasteiger partial charge in [0.25, 0.3) is 0 Å². The Morgan fingerprint density at radius 2 is 2.00 bits per heavy atom. The lowest BCUT2D eigenvalue weighted by molar-refractivity contribution is -0.141. The van der Waals surface area contributed by atoms with Gasteiger partial charge in [0, 0.05) is 22.5 Å². The van der Waals surface area contributed by atoms with Gasteiger partial charge in [-0.15, -0.1) is 0 Å². The summed E-state index contributed by atoms with van der Waals surface area (Å²) in [6.45, 7) is 2.61. The van der Waals surface area contributed by atoms with Crippen LogP contribution in [0.4, 0.5) is 0 Å². The van der Waals surface area contributed by atoms with Crippen molar-refractivity contribution in [3.8, 4) is 0 Å². The lowest BCUT2D eigenvalue weighted by atomic mass is 9.83. The minimum Gasteiger partial charge on any atom is -0.508 e. The highest BCUT2D eigenvalue weighted by Gasteiger charge is 2.43. The summed E-state index contributed by atoms with van der Waals surface area (Å²) in [5.41, 5.74) is 11.5. The van der Waals surface area contributed by atoms with Crippen LogP contribution < -0.4 is 5.73 Å². The minimum atomic E-state index is -0.677. The molecule has 5 heteroatoms. The third-order valence-corrected chi connectivity index (χ3v) is 6.92. The second-order valence-corrected chi connectivity index (χ2v) is 8.97. The number of H-pyrrole nitrogens is 1. The molecule has 5 rings (SSSR count). The summed E-state index contributed by atoms with van der Waals surface area (Å²) in [4.78, 5) is 16.9. The van der Waals surface area contributed by atoms with E-state index in [0.717, 1.165) is 34.1 Å². The van der Waals surface area contributed by atoms with E-state index in [0.29, 0.717) is 25.0 Å². The molecule has 0 saturated heterocycles. The number of hydrogen-bond donors (Lipinski definition) is 3. The Morgan fingerprint density at radius 3 is 2.71 bits per heavy atom. The number of hydrogen-bond acceptors (Lipinski definition) is 4. The van der Waals surface area contributed by atoms with E-state index in [1.165, 1.54) is 5.56 Å². The molecule has 0 saturated carbocycles. The maximum Gasteiger partial charge on any atom is 0.339 e. The molecule has 3 unspecified atom stereocenters. The van der Waals surface area contributed by atoms with Crippen molar-refractivity contribution in [3.05, 3.63) is 107 Å². The predicted molar refractivity (Wildman–Crippen MR) is 135 cm³/mol. The monoisotopic (exact) mass is 454 g/mol. The number of aromatic nitrogens is 1. The number of esters is 1. The van der Waals surface area contributed by atoms with Gasteiger partial charge in [0.05, 0.1) is 11.5 Å². The zero-order valence-corrected chi connectivity index (χ0v) is 19.3. The number of aryl methyl sites for hydroxylation is 1. The smallest absolute Gasteiger partial charge is 0.339 e. The molecule has 174 valence electrons.